The highest BCUT2D eigenvalue weighted by atomic mass is 16.5. The molecule has 5 aromatic rings. The number of ether oxygens (including phenoxy) is 5. The molecule has 5 atom stereocenters. The molecule has 1 fully saturated rings. The quantitative estimate of drug-likeness (QED) is 0.0820. The number of phenolic OH excluding ortho intramolecular Hbond substituents is 3. The van der Waals surface area contributed by atoms with Crippen molar-refractivity contribution < 1.29 is 49.2 Å². The average Bonchev–Trinajstić information content (AvgIpc) is 3.75. The molecule has 5 unspecified atom stereocenters. The second kappa shape index (κ2) is 16.5. The van der Waals surface area contributed by atoms with Gasteiger partial charge in [-0.15, -0.1) is 0 Å². The molecular formula is C49H54O10. The Kier molecular flexibility index (Phi) is 11.0. The van der Waals surface area contributed by atoms with Crippen LogP contribution in [0, 0.1) is 11.8 Å². The van der Waals surface area contributed by atoms with Gasteiger partial charge in [0.05, 0.1) is 31.5 Å². The minimum atomic E-state index is -1.04. The van der Waals surface area contributed by atoms with Crippen molar-refractivity contribution >= 4 is 10.8 Å². The van der Waals surface area contributed by atoms with E-state index < -0.39 is 30.1 Å². The fraction of sp³-hybridized carbons (Fsp3) is 0.429. The van der Waals surface area contributed by atoms with Crippen LogP contribution in [0.4, 0.5) is 0 Å². The van der Waals surface area contributed by atoms with E-state index in [1.54, 1.807) is 37.4 Å². The lowest BCUT2D eigenvalue weighted by atomic mass is 9.71. The molecule has 4 aliphatic rings. The van der Waals surface area contributed by atoms with Gasteiger partial charge in [-0.25, -0.2) is 0 Å². The smallest absolute Gasteiger partial charge is 0.133 e. The summed E-state index contributed by atoms with van der Waals surface area (Å²) < 4.78 is 32.1. The van der Waals surface area contributed by atoms with Crippen LogP contribution in [-0.2, 0) is 24.0 Å². The van der Waals surface area contributed by atoms with Crippen LogP contribution in [0.5, 0.6) is 40.2 Å². The molecule has 0 saturated heterocycles. The molecule has 0 aromatic heterocycles. The van der Waals surface area contributed by atoms with E-state index in [1.807, 2.05) is 43.3 Å². The zero-order valence-electron chi connectivity index (χ0n) is 33.8. The van der Waals surface area contributed by atoms with Crippen molar-refractivity contribution in [2.75, 3.05) is 26.9 Å². The molecule has 0 spiro atoms. The summed E-state index contributed by atoms with van der Waals surface area (Å²) in [4.78, 5) is 0. The average molecular weight is 803 g/mol. The van der Waals surface area contributed by atoms with Gasteiger partial charge < -0.3 is 49.2 Å². The van der Waals surface area contributed by atoms with Gasteiger partial charge in [-0.2, -0.15) is 0 Å². The van der Waals surface area contributed by atoms with Gasteiger partial charge in [0.1, 0.15) is 46.4 Å². The largest absolute Gasteiger partial charge is 0.508 e. The fourth-order valence-electron chi connectivity index (χ4n) is 10.1. The van der Waals surface area contributed by atoms with Gasteiger partial charge in [0.15, 0.2) is 0 Å². The fourth-order valence-corrected chi connectivity index (χ4v) is 10.1. The predicted octanol–water partition coefficient (Wildman–Crippen LogP) is 9.00. The number of aromatic hydroxyl groups is 3. The van der Waals surface area contributed by atoms with E-state index in [-0.39, 0.29) is 30.0 Å². The van der Waals surface area contributed by atoms with Crippen molar-refractivity contribution in [3.63, 3.8) is 0 Å². The van der Waals surface area contributed by atoms with Crippen molar-refractivity contribution in [2.24, 2.45) is 11.8 Å². The van der Waals surface area contributed by atoms with Crippen molar-refractivity contribution in [3.05, 3.63) is 100 Å². The standard InChI is InChI=1S/C49H54O10/c1-3-27-22-37(28-9-6-10-31(50)20-28)29(23-41(27)52)19-30-21-34(58-33-11-4-5-12-33)25-39-45(53)40(26-57-47(30)39)43-42(14-8-17-55-2)59-49-35-16-15-32(51)24-38(35)48-36(13-7-18-56-48)44(49)46(43)54/h6,9-10,15-16,20-25,33,40,42-43,45-46,50-54H,3-5,7-8,11-14,17-19,26H2,1-2H3. The molecule has 0 bridgehead atoms. The predicted molar refractivity (Wildman–Crippen MR) is 224 cm³/mol. The van der Waals surface area contributed by atoms with Crippen LogP contribution in [0.25, 0.3) is 21.9 Å². The molecule has 5 aromatic carbocycles. The Morgan fingerprint density at radius 1 is 0.780 bits per heavy atom. The molecule has 310 valence electrons. The third-order valence-corrected chi connectivity index (χ3v) is 13.0. The van der Waals surface area contributed by atoms with Crippen LogP contribution in [0.3, 0.4) is 0 Å². The number of rotatable bonds is 11. The number of aliphatic hydroxyl groups is 2. The Morgan fingerprint density at radius 2 is 1.61 bits per heavy atom. The number of hydrogen-bond acceptors (Lipinski definition) is 10. The van der Waals surface area contributed by atoms with E-state index in [9.17, 15) is 25.5 Å². The van der Waals surface area contributed by atoms with E-state index in [1.165, 1.54) is 0 Å². The number of hydrogen-bond donors (Lipinski definition) is 5. The van der Waals surface area contributed by atoms with Gasteiger partial charge in [-0.05, 0) is 135 Å². The second-order valence-electron chi connectivity index (χ2n) is 16.7. The zero-order chi connectivity index (χ0) is 40.8. The van der Waals surface area contributed by atoms with Gasteiger partial charge in [-0.3, -0.25) is 0 Å². The molecule has 10 heteroatoms. The molecule has 3 heterocycles. The van der Waals surface area contributed by atoms with E-state index in [4.69, 9.17) is 23.7 Å². The maximum absolute atomic E-state index is 12.7. The lowest BCUT2D eigenvalue weighted by Gasteiger charge is -2.46. The Morgan fingerprint density at radius 3 is 2.41 bits per heavy atom. The van der Waals surface area contributed by atoms with E-state index in [0.29, 0.717) is 79.4 Å². The van der Waals surface area contributed by atoms with E-state index >= 15 is 0 Å². The van der Waals surface area contributed by atoms with Gasteiger partial charge >= 0.3 is 0 Å². The number of methoxy groups -OCH3 is 1. The van der Waals surface area contributed by atoms with Gasteiger partial charge in [-0.1, -0.05) is 19.1 Å². The second-order valence-corrected chi connectivity index (χ2v) is 16.7. The van der Waals surface area contributed by atoms with Crippen molar-refractivity contribution in [1.29, 1.82) is 0 Å². The highest BCUT2D eigenvalue weighted by Crippen LogP contribution is 2.56. The molecule has 3 aliphatic heterocycles. The number of aryl methyl sites for hydroxylation is 1. The van der Waals surface area contributed by atoms with Crippen LogP contribution >= 0.6 is 0 Å². The maximum Gasteiger partial charge on any atom is 0.133 e. The Labute approximate surface area is 344 Å². The summed E-state index contributed by atoms with van der Waals surface area (Å²) in [5, 5.41) is 58.9. The van der Waals surface area contributed by atoms with Crippen LogP contribution < -0.4 is 18.9 Å². The third-order valence-electron chi connectivity index (χ3n) is 13.0. The van der Waals surface area contributed by atoms with Gasteiger partial charge in [0.25, 0.3) is 0 Å². The summed E-state index contributed by atoms with van der Waals surface area (Å²) >= 11 is 0. The van der Waals surface area contributed by atoms with Crippen LogP contribution in [0.1, 0.15) is 97.5 Å². The summed E-state index contributed by atoms with van der Waals surface area (Å²) in [5.74, 6) is 1.83. The van der Waals surface area contributed by atoms with Crippen molar-refractivity contribution in [1.82, 2.24) is 0 Å². The molecule has 5 N–H and O–H groups in total. The normalized spacial score (nSPS) is 22.5. The molecule has 1 saturated carbocycles. The first-order valence-electron chi connectivity index (χ1n) is 21.3. The molecule has 9 rings (SSSR count). The van der Waals surface area contributed by atoms with Crippen molar-refractivity contribution in [2.45, 2.75) is 95.5 Å². The summed E-state index contributed by atoms with van der Waals surface area (Å²) in [7, 11) is 1.67. The molecule has 1 aliphatic carbocycles. The number of aliphatic hydroxyl groups excluding tert-OH is 2. The molecule has 10 nitrogen and oxygen atoms in total. The Hall–Kier alpha value is -5.16. The van der Waals surface area contributed by atoms with Gasteiger partial charge in [0.2, 0.25) is 0 Å². The van der Waals surface area contributed by atoms with Crippen LogP contribution in [0.15, 0.2) is 66.7 Å². The van der Waals surface area contributed by atoms with Crippen LogP contribution in [-0.4, -0.2) is 64.7 Å². The maximum atomic E-state index is 12.7. The SMILES string of the molecule is CCc1cc(-c2cccc(O)c2)c(Cc2cc(OC3CCCC3)cc3c2OCC(C2C(CCCOC)Oc4c(c5c(c6cc(O)ccc46)OCCC5)C2O)C3O)cc1O. The first-order chi connectivity index (χ1) is 28.7. The monoisotopic (exact) mass is 802 g/mol. The molecule has 59 heavy (non-hydrogen) atoms. The minimum Gasteiger partial charge on any atom is -0.508 e. The summed E-state index contributed by atoms with van der Waals surface area (Å²) in [6.45, 7) is 3.18. The number of benzene rings is 5. The van der Waals surface area contributed by atoms with Crippen LogP contribution in [0.2, 0.25) is 0 Å². The number of phenols is 3. The topological polar surface area (TPSA) is 147 Å². The zero-order valence-corrected chi connectivity index (χ0v) is 33.8. The van der Waals surface area contributed by atoms with E-state index in [0.717, 1.165) is 76.3 Å². The molecular weight excluding hydrogens is 749 g/mol. The Balaban J connectivity index is 1.14. The van der Waals surface area contributed by atoms with E-state index in [2.05, 4.69) is 0 Å². The first kappa shape index (κ1) is 39.3. The highest BCUT2D eigenvalue weighted by Gasteiger charge is 2.49. The minimum absolute atomic E-state index is 0.0643. The lowest BCUT2D eigenvalue weighted by Crippen LogP contribution is -2.46. The summed E-state index contributed by atoms with van der Waals surface area (Å²) in [5.41, 5.74) is 6.30. The highest BCUT2D eigenvalue weighted by molar-refractivity contribution is 5.97. The number of fused-ring (bicyclic) bond motifs is 7. The molecule has 0 amide bonds. The lowest BCUT2D eigenvalue weighted by molar-refractivity contribution is -0.0888. The van der Waals surface area contributed by atoms with Crippen molar-refractivity contribution in [3.8, 4) is 51.4 Å². The summed E-state index contributed by atoms with van der Waals surface area (Å²) in [6.07, 6.45) is 5.36. The first-order valence-corrected chi connectivity index (χ1v) is 21.3. The third kappa shape index (κ3) is 7.40. The Bertz CT molecular complexity index is 2350. The molecule has 0 radical (unpaired) electrons. The summed E-state index contributed by atoms with van der Waals surface area (Å²) in [6, 6.07) is 20.0. The van der Waals surface area contributed by atoms with Gasteiger partial charge in [0, 0.05) is 65.0 Å².